The highest BCUT2D eigenvalue weighted by molar-refractivity contribution is 6.31. The molecule has 0 saturated carbocycles. The number of non-ortho nitro benzene ring substituents is 1. The van der Waals surface area contributed by atoms with Crippen LogP contribution in [0.3, 0.4) is 0 Å². The van der Waals surface area contributed by atoms with Crippen LogP contribution in [0.5, 0.6) is 0 Å². The Kier molecular flexibility index (Phi) is 3.06. The van der Waals surface area contributed by atoms with Gasteiger partial charge < -0.3 is 0 Å². The second kappa shape index (κ2) is 3.89. The van der Waals surface area contributed by atoms with E-state index in [9.17, 15) is 14.5 Å². The molecular weight excluding hydrogens is 220 g/mol. The lowest BCUT2D eigenvalue weighted by Crippen LogP contribution is -1.93. The standard InChI is InChI=1S/C7H4Cl2FNO2/c8-3-4-1-5(11(12)13)2-6(9)7(4)10/h1-2H,3H2. The Hall–Kier alpha value is -0.870. The van der Waals surface area contributed by atoms with Gasteiger partial charge in [0.15, 0.2) is 0 Å². The van der Waals surface area contributed by atoms with Gasteiger partial charge in [0.1, 0.15) is 5.82 Å². The number of hydrogen-bond donors (Lipinski definition) is 0. The molecule has 0 aliphatic heterocycles. The van der Waals surface area contributed by atoms with Crippen LogP contribution in [-0.2, 0) is 5.88 Å². The third-order valence-corrected chi connectivity index (χ3v) is 2.01. The van der Waals surface area contributed by atoms with Crippen LogP contribution in [0.25, 0.3) is 0 Å². The van der Waals surface area contributed by atoms with Crippen molar-refractivity contribution in [2.45, 2.75) is 5.88 Å². The number of benzene rings is 1. The summed E-state index contributed by atoms with van der Waals surface area (Å²) in [5.74, 6) is -0.852. The molecular formula is C7H4Cl2FNO2. The molecule has 0 atom stereocenters. The van der Waals surface area contributed by atoms with E-state index in [-0.39, 0.29) is 22.2 Å². The highest BCUT2D eigenvalue weighted by Crippen LogP contribution is 2.26. The topological polar surface area (TPSA) is 43.1 Å². The van der Waals surface area contributed by atoms with E-state index in [1.165, 1.54) is 0 Å². The van der Waals surface area contributed by atoms with Crippen molar-refractivity contribution >= 4 is 28.9 Å². The van der Waals surface area contributed by atoms with Gasteiger partial charge in [-0.1, -0.05) is 11.6 Å². The van der Waals surface area contributed by atoms with E-state index >= 15 is 0 Å². The number of hydrogen-bond acceptors (Lipinski definition) is 2. The largest absolute Gasteiger partial charge is 0.271 e. The molecule has 0 fully saturated rings. The number of rotatable bonds is 2. The van der Waals surface area contributed by atoms with Gasteiger partial charge in [-0.2, -0.15) is 0 Å². The molecule has 0 aliphatic carbocycles. The fraction of sp³-hybridized carbons (Fsp3) is 0.143. The minimum absolute atomic E-state index is 0.0286. The first-order valence-electron chi connectivity index (χ1n) is 3.24. The highest BCUT2D eigenvalue weighted by atomic mass is 35.5. The van der Waals surface area contributed by atoms with Crippen molar-refractivity contribution in [3.05, 3.63) is 38.7 Å². The highest BCUT2D eigenvalue weighted by Gasteiger charge is 2.14. The van der Waals surface area contributed by atoms with Gasteiger partial charge in [0.2, 0.25) is 0 Å². The maximum absolute atomic E-state index is 13.0. The van der Waals surface area contributed by atoms with E-state index in [0.717, 1.165) is 12.1 Å². The van der Waals surface area contributed by atoms with Gasteiger partial charge in [0.05, 0.1) is 15.8 Å². The summed E-state index contributed by atoms with van der Waals surface area (Å²) >= 11 is 10.8. The quantitative estimate of drug-likeness (QED) is 0.440. The summed E-state index contributed by atoms with van der Waals surface area (Å²) in [6.45, 7) is 0. The molecule has 3 nitrogen and oxygen atoms in total. The lowest BCUT2D eigenvalue weighted by molar-refractivity contribution is -0.384. The summed E-state index contributed by atoms with van der Waals surface area (Å²) in [6.07, 6.45) is 0. The lowest BCUT2D eigenvalue weighted by Gasteiger charge is -2.00. The maximum atomic E-state index is 13.0. The molecule has 0 aromatic heterocycles. The molecule has 0 saturated heterocycles. The molecule has 0 heterocycles. The smallest absolute Gasteiger partial charge is 0.258 e. The molecule has 1 aromatic carbocycles. The van der Waals surface area contributed by atoms with Gasteiger partial charge in [-0.3, -0.25) is 10.1 Å². The van der Waals surface area contributed by atoms with Crippen molar-refractivity contribution in [3.8, 4) is 0 Å². The zero-order valence-corrected chi connectivity index (χ0v) is 7.77. The van der Waals surface area contributed by atoms with Crippen molar-refractivity contribution < 1.29 is 9.31 Å². The van der Waals surface area contributed by atoms with E-state index in [4.69, 9.17) is 23.2 Å². The van der Waals surface area contributed by atoms with Gasteiger partial charge in [0, 0.05) is 17.7 Å². The molecule has 0 amide bonds. The summed E-state index contributed by atoms with van der Waals surface area (Å²) in [5, 5.41) is 10.0. The van der Waals surface area contributed by atoms with Crippen molar-refractivity contribution in [1.29, 1.82) is 0 Å². The first-order valence-corrected chi connectivity index (χ1v) is 4.15. The first kappa shape index (κ1) is 10.2. The van der Waals surface area contributed by atoms with Gasteiger partial charge >= 0.3 is 0 Å². The van der Waals surface area contributed by atoms with Crippen LogP contribution < -0.4 is 0 Å². The normalized spacial score (nSPS) is 10.1. The molecule has 0 radical (unpaired) electrons. The van der Waals surface area contributed by atoms with Gasteiger partial charge in [0.25, 0.3) is 5.69 Å². The van der Waals surface area contributed by atoms with E-state index in [2.05, 4.69) is 0 Å². The van der Waals surface area contributed by atoms with E-state index in [1.807, 2.05) is 0 Å². The predicted octanol–water partition coefficient (Wildman–Crippen LogP) is 3.13. The van der Waals surface area contributed by atoms with Gasteiger partial charge in [-0.25, -0.2) is 4.39 Å². The average molecular weight is 224 g/mol. The van der Waals surface area contributed by atoms with Crippen LogP contribution in [0, 0.1) is 15.9 Å². The molecule has 6 heteroatoms. The van der Waals surface area contributed by atoms with Crippen molar-refractivity contribution in [3.63, 3.8) is 0 Å². The molecule has 0 unspecified atom stereocenters. The number of halogens is 3. The minimum atomic E-state index is -0.706. The van der Waals surface area contributed by atoms with Crippen LogP contribution in [0.4, 0.5) is 10.1 Å². The van der Waals surface area contributed by atoms with Crippen LogP contribution in [0.1, 0.15) is 5.56 Å². The van der Waals surface area contributed by atoms with Crippen molar-refractivity contribution in [2.75, 3.05) is 0 Å². The Balaban J connectivity index is 3.30. The zero-order valence-electron chi connectivity index (χ0n) is 6.26. The monoisotopic (exact) mass is 223 g/mol. The van der Waals surface area contributed by atoms with Gasteiger partial charge in [-0.05, 0) is 0 Å². The zero-order chi connectivity index (χ0) is 10.0. The summed E-state index contributed by atoms with van der Waals surface area (Å²) in [4.78, 5) is 9.66. The summed E-state index contributed by atoms with van der Waals surface area (Å²) in [7, 11) is 0. The van der Waals surface area contributed by atoms with Crippen LogP contribution in [-0.4, -0.2) is 4.92 Å². The Bertz CT molecular complexity index is 357. The Labute approximate surface area is 83.2 Å². The second-order valence-electron chi connectivity index (χ2n) is 2.29. The second-order valence-corrected chi connectivity index (χ2v) is 2.97. The Morgan fingerprint density at radius 3 is 2.62 bits per heavy atom. The maximum Gasteiger partial charge on any atom is 0.271 e. The fourth-order valence-corrected chi connectivity index (χ4v) is 1.26. The lowest BCUT2D eigenvalue weighted by atomic mass is 10.2. The average Bonchev–Trinajstić information content (AvgIpc) is 2.09. The minimum Gasteiger partial charge on any atom is -0.258 e. The van der Waals surface area contributed by atoms with Crippen molar-refractivity contribution in [2.24, 2.45) is 0 Å². The fourth-order valence-electron chi connectivity index (χ4n) is 0.833. The van der Waals surface area contributed by atoms with E-state index in [1.54, 1.807) is 0 Å². The molecule has 0 aliphatic rings. The molecule has 1 aromatic rings. The van der Waals surface area contributed by atoms with Crippen LogP contribution >= 0.6 is 23.2 Å². The molecule has 1 rings (SSSR count). The Morgan fingerprint density at radius 1 is 1.54 bits per heavy atom. The summed E-state index contributed by atoms with van der Waals surface area (Å²) in [6, 6.07) is 2.02. The predicted molar refractivity (Wildman–Crippen MR) is 47.6 cm³/mol. The summed E-state index contributed by atoms with van der Waals surface area (Å²) in [5.41, 5.74) is -0.233. The molecule has 13 heavy (non-hydrogen) atoms. The SMILES string of the molecule is O=[N+]([O-])c1cc(Cl)c(F)c(CCl)c1. The molecule has 0 spiro atoms. The van der Waals surface area contributed by atoms with Crippen LogP contribution in [0.15, 0.2) is 12.1 Å². The van der Waals surface area contributed by atoms with Crippen LogP contribution in [0.2, 0.25) is 5.02 Å². The molecule has 0 bridgehead atoms. The third-order valence-electron chi connectivity index (χ3n) is 1.44. The number of nitro benzene ring substituents is 1. The number of nitro groups is 1. The van der Waals surface area contributed by atoms with E-state index in [0.29, 0.717) is 0 Å². The van der Waals surface area contributed by atoms with E-state index < -0.39 is 10.7 Å². The number of nitrogens with zero attached hydrogens (tertiary/aromatic N) is 1. The molecule has 0 N–H and O–H groups in total. The summed E-state index contributed by atoms with van der Waals surface area (Å²) < 4.78 is 13.0. The Morgan fingerprint density at radius 2 is 2.15 bits per heavy atom. The first-order chi connectivity index (χ1) is 6.06. The molecule has 70 valence electrons. The third kappa shape index (κ3) is 2.08. The van der Waals surface area contributed by atoms with Crippen molar-refractivity contribution in [1.82, 2.24) is 0 Å². The van der Waals surface area contributed by atoms with Gasteiger partial charge in [-0.15, -0.1) is 11.6 Å². The number of alkyl halides is 1.